The topological polar surface area (TPSA) is 70.0 Å². The van der Waals surface area contributed by atoms with Crippen molar-refractivity contribution in [3.05, 3.63) is 23.3 Å². The number of hydrogen-bond donors (Lipinski definition) is 2. The summed E-state index contributed by atoms with van der Waals surface area (Å²) >= 11 is 0. The third-order valence-electron chi connectivity index (χ3n) is 4.34. The van der Waals surface area contributed by atoms with Crippen molar-refractivity contribution in [2.45, 2.75) is 66.0 Å². The van der Waals surface area contributed by atoms with Crippen molar-refractivity contribution in [2.24, 2.45) is 5.41 Å². The predicted molar refractivity (Wildman–Crippen MR) is 93.4 cm³/mol. The van der Waals surface area contributed by atoms with E-state index in [0.29, 0.717) is 19.4 Å². The van der Waals surface area contributed by atoms with Gasteiger partial charge in [-0.15, -0.1) is 0 Å². The fraction of sp³-hybridized carbons (Fsp3) is 0.632. The minimum Gasteiger partial charge on any atom is -0.504 e. The van der Waals surface area contributed by atoms with Crippen molar-refractivity contribution in [3.63, 3.8) is 0 Å². The van der Waals surface area contributed by atoms with Crippen LogP contribution >= 0.6 is 0 Å². The van der Waals surface area contributed by atoms with Gasteiger partial charge in [0.05, 0.1) is 0 Å². The minimum absolute atomic E-state index is 0.0578. The lowest BCUT2D eigenvalue weighted by Crippen LogP contribution is -2.50. The zero-order valence-corrected chi connectivity index (χ0v) is 15.5. The number of amides is 1. The summed E-state index contributed by atoms with van der Waals surface area (Å²) in [6, 6.07) is 3.16. The average Bonchev–Trinajstić information content (AvgIpc) is 2.56. The highest BCUT2D eigenvalue weighted by molar-refractivity contribution is 5.69. The number of ether oxygens (including phenoxy) is 1. The normalized spacial score (nSPS) is 18.8. The summed E-state index contributed by atoms with van der Waals surface area (Å²) in [6.45, 7) is 12.4. The van der Waals surface area contributed by atoms with Gasteiger partial charge in [0.25, 0.3) is 0 Å². The Morgan fingerprint density at radius 2 is 1.62 bits per heavy atom. The first kappa shape index (κ1) is 18.4. The molecule has 0 saturated heterocycles. The molecule has 0 spiro atoms. The van der Waals surface area contributed by atoms with Crippen LogP contribution in [0, 0.1) is 5.41 Å². The number of nitrogens with zero attached hydrogens (tertiary/aromatic N) is 1. The third kappa shape index (κ3) is 4.13. The van der Waals surface area contributed by atoms with Gasteiger partial charge in [-0.25, -0.2) is 4.79 Å². The Labute approximate surface area is 144 Å². The molecule has 0 aromatic heterocycles. The molecule has 1 aliphatic heterocycles. The number of carbonyl (C=O) groups excluding carboxylic acids is 1. The molecule has 0 radical (unpaired) electrons. The number of phenols is 2. The SMILES string of the molecule is CC(C)(C)OC(=O)N1CCc2cc(O)c(O)cc2CC1C(C)(C)C. The molecule has 5 nitrogen and oxygen atoms in total. The second kappa shape index (κ2) is 6.19. The first-order chi connectivity index (χ1) is 10.9. The van der Waals surface area contributed by atoms with Gasteiger partial charge in [0.15, 0.2) is 11.5 Å². The maximum absolute atomic E-state index is 12.7. The van der Waals surface area contributed by atoms with E-state index in [4.69, 9.17) is 4.74 Å². The molecule has 1 amide bonds. The van der Waals surface area contributed by atoms with Crippen LogP contribution in [0.4, 0.5) is 4.79 Å². The molecule has 1 aromatic rings. The Hall–Kier alpha value is -1.91. The quantitative estimate of drug-likeness (QED) is 0.707. The Bertz CT molecular complexity index is 625. The van der Waals surface area contributed by atoms with E-state index in [9.17, 15) is 15.0 Å². The molecule has 1 unspecified atom stereocenters. The van der Waals surface area contributed by atoms with Crippen molar-refractivity contribution in [3.8, 4) is 11.5 Å². The highest BCUT2D eigenvalue weighted by Crippen LogP contribution is 2.36. The molecule has 0 saturated carbocycles. The molecule has 1 heterocycles. The van der Waals surface area contributed by atoms with E-state index in [1.165, 1.54) is 0 Å². The maximum Gasteiger partial charge on any atom is 0.410 e. The average molecular weight is 335 g/mol. The lowest BCUT2D eigenvalue weighted by Gasteiger charge is -2.39. The zero-order chi connectivity index (χ0) is 18.3. The molecule has 0 fully saturated rings. The largest absolute Gasteiger partial charge is 0.504 e. The van der Waals surface area contributed by atoms with Crippen molar-refractivity contribution < 1.29 is 19.7 Å². The van der Waals surface area contributed by atoms with Gasteiger partial charge >= 0.3 is 6.09 Å². The van der Waals surface area contributed by atoms with Gasteiger partial charge < -0.3 is 19.8 Å². The Morgan fingerprint density at radius 1 is 1.08 bits per heavy atom. The number of rotatable bonds is 0. The van der Waals surface area contributed by atoms with Gasteiger partial charge in [-0.1, -0.05) is 20.8 Å². The molecule has 1 aromatic carbocycles. The molecule has 24 heavy (non-hydrogen) atoms. The molecule has 1 aliphatic rings. The zero-order valence-electron chi connectivity index (χ0n) is 15.5. The van der Waals surface area contributed by atoms with Crippen molar-refractivity contribution in [1.29, 1.82) is 0 Å². The number of hydrogen-bond acceptors (Lipinski definition) is 4. The molecule has 0 aliphatic carbocycles. The molecular formula is C19H29NO4. The number of carbonyl (C=O) groups is 1. The fourth-order valence-corrected chi connectivity index (χ4v) is 3.11. The van der Waals surface area contributed by atoms with E-state index in [1.54, 1.807) is 17.0 Å². The van der Waals surface area contributed by atoms with Crippen molar-refractivity contribution >= 4 is 6.09 Å². The van der Waals surface area contributed by atoms with E-state index >= 15 is 0 Å². The third-order valence-corrected chi connectivity index (χ3v) is 4.34. The Morgan fingerprint density at radius 3 is 2.12 bits per heavy atom. The lowest BCUT2D eigenvalue weighted by molar-refractivity contribution is 0.00354. The summed E-state index contributed by atoms with van der Waals surface area (Å²) < 4.78 is 5.59. The summed E-state index contributed by atoms with van der Waals surface area (Å²) in [4.78, 5) is 14.5. The van der Waals surface area contributed by atoms with Crippen LogP contribution in [-0.4, -0.2) is 39.4 Å². The number of fused-ring (bicyclic) bond motifs is 1. The predicted octanol–water partition coefficient (Wildman–Crippen LogP) is 3.85. The second-order valence-corrected chi connectivity index (χ2v) is 8.62. The summed E-state index contributed by atoms with van der Waals surface area (Å²) in [7, 11) is 0. The minimum atomic E-state index is -0.546. The molecule has 2 rings (SSSR count). The van der Waals surface area contributed by atoms with E-state index in [0.717, 1.165) is 11.1 Å². The van der Waals surface area contributed by atoms with Crippen LogP contribution in [0.2, 0.25) is 0 Å². The monoisotopic (exact) mass is 335 g/mol. The molecule has 1 atom stereocenters. The Balaban J connectivity index is 2.38. The summed E-state index contributed by atoms with van der Waals surface area (Å²) in [5.41, 5.74) is 1.24. The molecule has 134 valence electrons. The van der Waals surface area contributed by atoms with Gasteiger partial charge in [0, 0.05) is 12.6 Å². The van der Waals surface area contributed by atoms with Gasteiger partial charge in [0.2, 0.25) is 0 Å². The van der Waals surface area contributed by atoms with E-state index in [-0.39, 0.29) is 29.0 Å². The van der Waals surface area contributed by atoms with Crippen LogP contribution in [0.1, 0.15) is 52.7 Å². The van der Waals surface area contributed by atoms with Crippen LogP contribution in [0.15, 0.2) is 12.1 Å². The summed E-state index contributed by atoms with van der Waals surface area (Å²) in [5, 5.41) is 19.6. The van der Waals surface area contributed by atoms with Gasteiger partial charge in [-0.2, -0.15) is 0 Å². The van der Waals surface area contributed by atoms with E-state index < -0.39 is 5.60 Å². The van der Waals surface area contributed by atoms with Crippen LogP contribution in [0.3, 0.4) is 0 Å². The van der Waals surface area contributed by atoms with Crippen molar-refractivity contribution in [2.75, 3.05) is 6.54 Å². The first-order valence-electron chi connectivity index (χ1n) is 8.42. The van der Waals surface area contributed by atoms with Gasteiger partial charge in [-0.05, 0) is 62.3 Å². The molecule has 5 heteroatoms. The summed E-state index contributed by atoms with van der Waals surface area (Å²) in [5.74, 6) is -0.237. The second-order valence-electron chi connectivity index (χ2n) is 8.62. The summed E-state index contributed by atoms with van der Waals surface area (Å²) in [6.07, 6.45) is 0.921. The van der Waals surface area contributed by atoms with Gasteiger partial charge in [0.1, 0.15) is 5.60 Å². The molecular weight excluding hydrogens is 306 g/mol. The van der Waals surface area contributed by atoms with Crippen LogP contribution in [0.25, 0.3) is 0 Å². The van der Waals surface area contributed by atoms with E-state index in [1.807, 2.05) is 20.8 Å². The first-order valence-corrected chi connectivity index (χ1v) is 8.42. The standard InChI is InChI=1S/C19H29NO4/c1-18(2,3)16-11-13-10-15(22)14(21)9-12(13)7-8-20(16)17(23)24-19(4,5)6/h9-10,16,21-22H,7-8,11H2,1-6H3. The number of aromatic hydroxyl groups is 2. The van der Waals surface area contributed by atoms with Crippen LogP contribution < -0.4 is 0 Å². The van der Waals surface area contributed by atoms with Crippen molar-refractivity contribution in [1.82, 2.24) is 4.90 Å². The van der Waals surface area contributed by atoms with E-state index in [2.05, 4.69) is 20.8 Å². The van der Waals surface area contributed by atoms with Crippen LogP contribution in [0.5, 0.6) is 11.5 Å². The van der Waals surface area contributed by atoms with Crippen LogP contribution in [-0.2, 0) is 17.6 Å². The number of benzene rings is 1. The van der Waals surface area contributed by atoms with Gasteiger partial charge in [-0.3, -0.25) is 0 Å². The number of phenolic OH excluding ortho intramolecular Hbond substituents is 2. The lowest BCUT2D eigenvalue weighted by atomic mass is 9.82. The maximum atomic E-state index is 12.7. The molecule has 0 bridgehead atoms. The highest BCUT2D eigenvalue weighted by atomic mass is 16.6. The highest BCUT2D eigenvalue weighted by Gasteiger charge is 2.37. The smallest absolute Gasteiger partial charge is 0.410 e. The fourth-order valence-electron chi connectivity index (χ4n) is 3.11. The molecule has 2 N–H and O–H groups in total. The Kier molecular flexibility index (Phi) is 4.75.